The Labute approximate surface area is 82.4 Å². The highest BCUT2D eigenvalue weighted by atomic mass is 19.1. The Balaban J connectivity index is 2.16. The average Bonchev–Trinajstić information content (AvgIpc) is 2.23. The van der Waals surface area contributed by atoms with Crippen molar-refractivity contribution in [3.63, 3.8) is 0 Å². The third-order valence-corrected chi connectivity index (χ3v) is 2.06. The van der Waals surface area contributed by atoms with Gasteiger partial charge in [-0.05, 0) is 24.3 Å². The summed E-state index contributed by atoms with van der Waals surface area (Å²) in [6.07, 6.45) is 3.98. The Morgan fingerprint density at radius 3 is 2.21 bits per heavy atom. The number of rotatable bonds is 2. The van der Waals surface area contributed by atoms with Gasteiger partial charge in [-0.2, -0.15) is 0 Å². The van der Waals surface area contributed by atoms with Gasteiger partial charge in [0.1, 0.15) is 5.82 Å². The first-order chi connectivity index (χ1) is 6.84. The maximum absolute atomic E-state index is 12.6. The van der Waals surface area contributed by atoms with Crippen LogP contribution in [-0.4, -0.2) is 0 Å². The van der Waals surface area contributed by atoms with Gasteiger partial charge in [0.2, 0.25) is 0 Å². The van der Waals surface area contributed by atoms with Crippen LogP contribution in [0, 0.1) is 5.82 Å². The topological polar surface area (TPSA) is 3.88 Å². The van der Waals surface area contributed by atoms with Gasteiger partial charge in [0, 0.05) is 17.7 Å². The van der Waals surface area contributed by atoms with Crippen LogP contribution in [0.15, 0.2) is 54.9 Å². The molecule has 70 valence electrons. The van der Waals surface area contributed by atoms with Crippen LogP contribution in [0.2, 0.25) is 0 Å². The van der Waals surface area contributed by atoms with Gasteiger partial charge in [-0.1, -0.05) is 6.07 Å². The lowest BCUT2D eigenvalue weighted by atomic mass is 10.2. The molecule has 1 aromatic carbocycles. The quantitative estimate of drug-likeness (QED) is 0.636. The van der Waals surface area contributed by atoms with Gasteiger partial charge in [0.15, 0.2) is 18.9 Å². The Morgan fingerprint density at radius 1 is 0.929 bits per heavy atom. The first kappa shape index (κ1) is 8.88. The minimum absolute atomic E-state index is 0.188. The van der Waals surface area contributed by atoms with E-state index in [9.17, 15) is 4.39 Å². The molecule has 0 N–H and O–H groups in total. The van der Waals surface area contributed by atoms with Crippen LogP contribution in [0.5, 0.6) is 0 Å². The first-order valence-corrected chi connectivity index (χ1v) is 4.53. The lowest BCUT2D eigenvalue weighted by Gasteiger charge is -1.96. The summed E-state index contributed by atoms with van der Waals surface area (Å²) in [5.41, 5.74) is 1.10. The Morgan fingerprint density at radius 2 is 1.57 bits per heavy atom. The van der Waals surface area contributed by atoms with Crippen LogP contribution in [0.4, 0.5) is 4.39 Å². The maximum atomic E-state index is 12.6. The molecule has 1 heterocycles. The van der Waals surface area contributed by atoms with E-state index in [4.69, 9.17) is 0 Å². The molecule has 0 radical (unpaired) electrons. The van der Waals surface area contributed by atoms with Crippen LogP contribution < -0.4 is 4.57 Å². The van der Waals surface area contributed by atoms with E-state index in [1.807, 2.05) is 35.2 Å². The van der Waals surface area contributed by atoms with Crippen molar-refractivity contribution in [1.82, 2.24) is 0 Å². The third-order valence-electron chi connectivity index (χ3n) is 2.06. The average molecular weight is 188 g/mol. The normalized spacial score (nSPS) is 10.1. The summed E-state index contributed by atoms with van der Waals surface area (Å²) in [6, 6.07) is 12.5. The van der Waals surface area contributed by atoms with E-state index in [-0.39, 0.29) is 5.82 Å². The molecule has 0 aliphatic rings. The van der Waals surface area contributed by atoms with Gasteiger partial charge in [-0.3, -0.25) is 0 Å². The number of nitrogens with zero attached hydrogens (tertiary/aromatic N) is 1. The molecular weight excluding hydrogens is 177 g/mol. The van der Waals surface area contributed by atoms with Crippen molar-refractivity contribution < 1.29 is 8.96 Å². The van der Waals surface area contributed by atoms with Crippen LogP contribution >= 0.6 is 0 Å². The van der Waals surface area contributed by atoms with E-state index in [1.54, 1.807) is 12.1 Å². The number of aromatic nitrogens is 1. The van der Waals surface area contributed by atoms with Crippen molar-refractivity contribution in [2.75, 3.05) is 0 Å². The van der Waals surface area contributed by atoms with Crippen LogP contribution in [0.1, 0.15) is 5.56 Å². The summed E-state index contributed by atoms with van der Waals surface area (Å²) in [7, 11) is 0. The largest absolute Gasteiger partial charge is 0.207 e. The SMILES string of the molecule is Fc1ccc(C[n+]2ccccc2)cc1. The Hall–Kier alpha value is -1.70. The molecular formula is C12H11FN+. The second-order valence-corrected chi connectivity index (χ2v) is 3.17. The molecule has 0 fully saturated rings. The predicted molar refractivity (Wildman–Crippen MR) is 52.1 cm³/mol. The monoisotopic (exact) mass is 188 g/mol. The second kappa shape index (κ2) is 4.01. The van der Waals surface area contributed by atoms with Crippen LogP contribution in [0.25, 0.3) is 0 Å². The van der Waals surface area contributed by atoms with E-state index in [2.05, 4.69) is 0 Å². The molecule has 0 amide bonds. The summed E-state index contributed by atoms with van der Waals surface area (Å²) in [6.45, 7) is 0.779. The molecule has 2 heteroatoms. The molecule has 0 spiro atoms. The zero-order chi connectivity index (χ0) is 9.80. The zero-order valence-electron chi connectivity index (χ0n) is 7.73. The summed E-state index contributed by atoms with van der Waals surface area (Å²) < 4.78 is 14.7. The number of hydrogen-bond donors (Lipinski definition) is 0. The highest BCUT2D eigenvalue weighted by Crippen LogP contribution is 2.01. The van der Waals surface area contributed by atoms with Crippen molar-refractivity contribution in [3.05, 3.63) is 66.2 Å². The van der Waals surface area contributed by atoms with Gasteiger partial charge in [0.05, 0.1) is 0 Å². The van der Waals surface area contributed by atoms with Gasteiger partial charge in [0.25, 0.3) is 0 Å². The van der Waals surface area contributed by atoms with Crippen LogP contribution in [-0.2, 0) is 6.54 Å². The standard InChI is InChI=1S/C12H11FN/c13-12-6-4-11(5-7-12)10-14-8-2-1-3-9-14/h1-9H,10H2/q+1. The van der Waals surface area contributed by atoms with Crippen molar-refractivity contribution in [3.8, 4) is 0 Å². The predicted octanol–water partition coefficient (Wildman–Crippen LogP) is 2.16. The van der Waals surface area contributed by atoms with E-state index < -0.39 is 0 Å². The number of halogens is 1. The second-order valence-electron chi connectivity index (χ2n) is 3.17. The first-order valence-electron chi connectivity index (χ1n) is 4.53. The Bertz CT molecular complexity index is 394. The summed E-state index contributed by atoms with van der Waals surface area (Å²) in [5.74, 6) is -0.188. The van der Waals surface area contributed by atoms with Gasteiger partial charge in [-0.25, -0.2) is 8.96 Å². The van der Waals surface area contributed by atoms with Crippen molar-refractivity contribution in [2.45, 2.75) is 6.54 Å². The number of pyridine rings is 1. The smallest absolute Gasteiger partial charge is 0.173 e. The molecule has 0 bridgehead atoms. The highest BCUT2D eigenvalue weighted by molar-refractivity contribution is 5.14. The minimum Gasteiger partial charge on any atom is -0.207 e. The molecule has 0 aliphatic heterocycles. The van der Waals surface area contributed by atoms with Crippen LogP contribution in [0.3, 0.4) is 0 Å². The van der Waals surface area contributed by atoms with Gasteiger partial charge >= 0.3 is 0 Å². The Kier molecular flexibility index (Phi) is 2.54. The van der Waals surface area contributed by atoms with Crippen molar-refractivity contribution in [2.24, 2.45) is 0 Å². The zero-order valence-corrected chi connectivity index (χ0v) is 7.73. The molecule has 0 saturated heterocycles. The highest BCUT2D eigenvalue weighted by Gasteiger charge is 2.00. The van der Waals surface area contributed by atoms with E-state index >= 15 is 0 Å². The lowest BCUT2D eigenvalue weighted by Crippen LogP contribution is -2.32. The van der Waals surface area contributed by atoms with Gasteiger partial charge in [-0.15, -0.1) is 0 Å². The molecule has 0 saturated carbocycles. The van der Waals surface area contributed by atoms with Crippen molar-refractivity contribution in [1.29, 1.82) is 0 Å². The van der Waals surface area contributed by atoms with E-state index in [1.165, 1.54) is 12.1 Å². The van der Waals surface area contributed by atoms with Gasteiger partial charge < -0.3 is 0 Å². The van der Waals surface area contributed by atoms with E-state index in [0.29, 0.717) is 0 Å². The van der Waals surface area contributed by atoms with Crippen molar-refractivity contribution >= 4 is 0 Å². The lowest BCUT2D eigenvalue weighted by molar-refractivity contribution is -0.688. The molecule has 0 aliphatic carbocycles. The molecule has 1 nitrogen and oxygen atoms in total. The third kappa shape index (κ3) is 2.16. The fourth-order valence-corrected chi connectivity index (χ4v) is 1.34. The molecule has 2 aromatic rings. The molecule has 0 atom stereocenters. The number of benzene rings is 1. The molecule has 14 heavy (non-hydrogen) atoms. The summed E-state index contributed by atoms with van der Waals surface area (Å²) in [5, 5.41) is 0. The molecule has 2 rings (SSSR count). The summed E-state index contributed by atoms with van der Waals surface area (Å²) in [4.78, 5) is 0. The number of hydrogen-bond acceptors (Lipinski definition) is 0. The molecule has 0 unspecified atom stereocenters. The minimum atomic E-state index is -0.188. The fraction of sp³-hybridized carbons (Fsp3) is 0.0833. The summed E-state index contributed by atoms with van der Waals surface area (Å²) >= 11 is 0. The fourth-order valence-electron chi connectivity index (χ4n) is 1.34. The maximum Gasteiger partial charge on any atom is 0.173 e. The van der Waals surface area contributed by atoms with E-state index in [0.717, 1.165) is 12.1 Å². The molecule has 1 aromatic heterocycles.